The molecule has 8 heteroatoms. The summed E-state index contributed by atoms with van der Waals surface area (Å²) in [6.07, 6.45) is 1.99. The van der Waals surface area contributed by atoms with Gasteiger partial charge in [0.2, 0.25) is 11.0 Å². The van der Waals surface area contributed by atoms with E-state index in [0.29, 0.717) is 6.42 Å². The molecule has 0 aliphatic carbocycles. The molecule has 1 unspecified atom stereocenters. The molecular weight excluding hydrogens is 248 g/mol. The number of aliphatic hydroxyl groups is 1. The van der Waals surface area contributed by atoms with Gasteiger partial charge < -0.3 is 10.4 Å². The number of hydrogen-bond donors (Lipinski definition) is 2. The summed E-state index contributed by atoms with van der Waals surface area (Å²) < 4.78 is 0. The first-order valence-corrected chi connectivity index (χ1v) is 5.50. The maximum absolute atomic E-state index is 10.8. The number of rotatable bonds is 6. The van der Waals surface area contributed by atoms with Crippen LogP contribution < -0.4 is 5.32 Å². The van der Waals surface area contributed by atoms with E-state index >= 15 is 0 Å². The predicted octanol–water partition coefficient (Wildman–Crippen LogP) is 1.61. The number of halogens is 1. The highest BCUT2D eigenvalue weighted by molar-refractivity contribution is 6.31. The average Bonchev–Trinajstić information content (AvgIpc) is 2.26. The highest BCUT2D eigenvalue weighted by Gasteiger charge is 2.21. The van der Waals surface area contributed by atoms with Gasteiger partial charge in [0.05, 0.1) is 11.0 Å². The Balaban J connectivity index is 2.77. The minimum atomic E-state index is -0.656. The van der Waals surface area contributed by atoms with Gasteiger partial charge in [-0.25, -0.2) is 9.97 Å². The summed E-state index contributed by atoms with van der Waals surface area (Å²) in [6.45, 7) is 2.12. The number of aliphatic hydroxyl groups excluding tert-OH is 1. The van der Waals surface area contributed by atoms with E-state index in [1.807, 2.05) is 6.92 Å². The van der Waals surface area contributed by atoms with E-state index in [2.05, 4.69) is 15.3 Å². The molecule has 17 heavy (non-hydrogen) atoms. The van der Waals surface area contributed by atoms with Crippen LogP contribution in [0.2, 0.25) is 5.15 Å². The molecule has 0 saturated heterocycles. The zero-order valence-corrected chi connectivity index (χ0v) is 10.0. The molecule has 1 atom stereocenters. The van der Waals surface area contributed by atoms with Crippen LogP contribution in [0.4, 0.5) is 11.5 Å². The quantitative estimate of drug-likeness (QED) is 0.458. The molecule has 0 amide bonds. The Hall–Kier alpha value is -1.47. The molecule has 0 aliphatic heterocycles. The molecule has 94 valence electrons. The Bertz CT molecular complexity index is 402. The van der Waals surface area contributed by atoms with E-state index in [1.165, 1.54) is 0 Å². The molecule has 1 aromatic heterocycles. The molecule has 0 bridgehead atoms. The summed E-state index contributed by atoms with van der Waals surface area (Å²) in [5.41, 5.74) is -0.377. The van der Waals surface area contributed by atoms with Gasteiger partial charge in [-0.1, -0.05) is 24.9 Å². The molecule has 0 fully saturated rings. The second-order valence-corrected chi connectivity index (χ2v) is 3.80. The summed E-state index contributed by atoms with van der Waals surface area (Å²) in [4.78, 5) is 17.4. The average molecular weight is 261 g/mol. The van der Waals surface area contributed by atoms with Crippen LogP contribution in [0.5, 0.6) is 0 Å². The third-order valence-electron chi connectivity index (χ3n) is 2.09. The van der Waals surface area contributed by atoms with Crippen molar-refractivity contribution >= 4 is 23.1 Å². The van der Waals surface area contributed by atoms with Crippen LogP contribution in [-0.2, 0) is 0 Å². The van der Waals surface area contributed by atoms with E-state index in [4.69, 9.17) is 11.6 Å². The van der Waals surface area contributed by atoms with Crippen LogP contribution >= 0.6 is 11.6 Å². The molecule has 1 rings (SSSR count). The van der Waals surface area contributed by atoms with Gasteiger partial charge in [-0.3, -0.25) is 10.1 Å². The van der Waals surface area contributed by atoms with E-state index in [1.54, 1.807) is 0 Å². The molecule has 7 nitrogen and oxygen atoms in total. The van der Waals surface area contributed by atoms with Crippen molar-refractivity contribution in [3.05, 3.63) is 21.6 Å². The minimum absolute atomic E-state index is 0.0187. The maximum Gasteiger partial charge on any atom is 0.348 e. The molecule has 0 aliphatic rings. The number of aromatic nitrogens is 2. The standard InChI is InChI=1S/C9H13ClN4O3/c1-2-3-6(15)4-11-9-7(14(16)17)8(10)12-5-13-9/h5-6,15H,2-4H2,1H3,(H,11,12,13). The summed E-state index contributed by atoms with van der Waals surface area (Å²) in [7, 11) is 0. The van der Waals surface area contributed by atoms with Crippen LogP contribution in [0.15, 0.2) is 6.33 Å². The Morgan fingerprint density at radius 2 is 2.35 bits per heavy atom. The lowest BCUT2D eigenvalue weighted by Crippen LogP contribution is -2.20. The van der Waals surface area contributed by atoms with Crippen molar-refractivity contribution in [1.29, 1.82) is 0 Å². The van der Waals surface area contributed by atoms with Gasteiger partial charge in [-0.2, -0.15) is 0 Å². The normalized spacial score (nSPS) is 12.2. The Morgan fingerprint density at radius 1 is 1.65 bits per heavy atom. The maximum atomic E-state index is 10.8. The molecule has 0 aromatic carbocycles. The SMILES string of the molecule is CCCC(O)CNc1ncnc(Cl)c1[N+](=O)[O-]. The number of hydrogen-bond acceptors (Lipinski definition) is 6. The number of nitrogens with one attached hydrogen (secondary N) is 1. The van der Waals surface area contributed by atoms with Crippen molar-refractivity contribution in [1.82, 2.24) is 9.97 Å². The highest BCUT2D eigenvalue weighted by Crippen LogP contribution is 2.28. The summed E-state index contributed by atoms with van der Waals surface area (Å²) in [6, 6.07) is 0. The van der Waals surface area contributed by atoms with E-state index < -0.39 is 11.0 Å². The lowest BCUT2D eigenvalue weighted by molar-refractivity contribution is -0.384. The summed E-state index contributed by atoms with van der Waals surface area (Å²) in [5.74, 6) is 0.0187. The molecule has 0 radical (unpaired) electrons. The summed E-state index contributed by atoms with van der Waals surface area (Å²) in [5, 5.41) is 22.7. The van der Waals surface area contributed by atoms with Crippen molar-refractivity contribution in [2.75, 3.05) is 11.9 Å². The first-order valence-electron chi connectivity index (χ1n) is 5.13. The second-order valence-electron chi connectivity index (χ2n) is 3.44. The lowest BCUT2D eigenvalue weighted by atomic mass is 10.2. The molecule has 2 N–H and O–H groups in total. The third-order valence-corrected chi connectivity index (χ3v) is 2.36. The largest absolute Gasteiger partial charge is 0.391 e. The Morgan fingerprint density at radius 3 is 2.94 bits per heavy atom. The van der Waals surface area contributed by atoms with Gasteiger partial charge in [0.15, 0.2) is 0 Å². The van der Waals surface area contributed by atoms with E-state index in [-0.39, 0.29) is 23.2 Å². The van der Waals surface area contributed by atoms with Crippen molar-refractivity contribution in [3.8, 4) is 0 Å². The van der Waals surface area contributed by atoms with Crippen LogP contribution in [0.1, 0.15) is 19.8 Å². The zero-order chi connectivity index (χ0) is 12.8. The first-order chi connectivity index (χ1) is 8.06. The van der Waals surface area contributed by atoms with Gasteiger partial charge >= 0.3 is 5.69 Å². The highest BCUT2D eigenvalue weighted by atomic mass is 35.5. The first kappa shape index (κ1) is 13.6. The number of nitrogens with zero attached hydrogens (tertiary/aromatic N) is 3. The van der Waals surface area contributed by atoms with E-state index in [0.717, 1.165) is 12.7 Å². The van der Waals surface area contributed by atoms with Gasteiger partial charge in [0.1, 0.15) is 6.33 Å². The van der Waals surface area contributed by atoms with Crippen LogP contribution in [0.25, 0.3) is 0 Å². The lowest BCUT2D eigenvalue weighted by Gasteiger charge is -2.11. The smallest absolute Gasteiger partial charge is 0.348 e. The van der Waals surface area contributed by atoms with Crippen molar-refractivity contribution < 1.29 is 10.0 Å². The molecule has 0 saturated carbocycles. The molecule has 1 heterocycles. The number of nitro groups is 1. The molecule has 0 spiro atoms. The fourth-order valence-electron chi connectivity index (χ4n) is 1.30. The topological polar surface area (TPSA) is 101 Å². The van der Waals surface area contributed by atoms with Crippen LogP contribution in [0.3, 0.4) is 0 Å². The van der Waals surface area contributed by atoms with Gasteiger partial charge in [-0.15, -0.1) is 0 Å². The predicted molar refractivity (Wildman–Crippen MR) is 63.1 cm³/mol. The van der Waals surface area contributed by atoms with E-state index in [9.17, 15) is 15.2 Å². The summed E-state index contributed by atoms with van der Waals surface area (Å²) >= 11 is 5.61. The fraction of sp³-hybridized carbons (Fsp3) is 0.556. The Kier molecular flexibility index (Phi) is 5.05. The fourth-order valence-corrected chi connectivity index (χ4v) is 1.50. The molecule has 1 aromatic rings. The Labute approximate surface area is 103 Å². The number of anilines is 1. The van der Waals surface area contributed by atoms with Gasteiger partial charge in [0.25, 0.3) is 0 Å². The van der Waals surface area contributed by atoms with Crippen LogP contribution in [0, 0.1) is 10.1 Å². The second kappa shape index (κ2) is 6.31. The van der Waals surface area contributed by atoms with Gasteiger partial charge in [-0.05, 0) is 6.42 Å². The zero-order valence-electron chi connectivity index (χ0n) is 9.26. The third kappa shape index (κ3) is 3.79. The monoisotopic (exact) mass is 260 g/mol. The van der Waals surface area contributed by atoms with Crippen molar-refractivity contribution in [2.24, 2.45) is 0 Å². The van der Waals surface area contributed by atoms with Crippen molar-refractivity contribution in [2.45, 2.75) is 25.9 Å². The van der Waals surface area contributed by atoms with Gasteiger partial charge in [0, 0.05) is 6.54 Å². The van der Waals surface area contributed by atoms with Crippen LogP contribution in [-0.4, -0.2) is 32.6 Å². The molecular formula is C9H13ClN4O3. The van der Waals surface area contributed by atoms with Crippen molar-refractivity contribution in [3.63, 3.8) is 0 Å². The minimum Gasteiger partial charge on any atom is -0.391 e.